The van der Waals surface area contributed by atoms with Gasteiger partial charge in [-0.05, 0) is 12.1 Å². The maximum absolute atomic E-state index is 13.5. The lowest BCUT2D eigenvalue weighted by Crippen LogP contribution is -2.34. The van der Waals surface area contributed by atoms with Crippen molar-refractivity contribution >= 4 is 11.9 Å². The summed E-state index contributed by atoms with van der Waals surface area (Å²) in [4.78, 5) is 48.6. The number of esters is 2. The van der Waals surface area contributed by atoms with E-state index in [1.165, 1.54) is 19.1 Å². The van der Waals surface area contributed by atoms with E-state index in [1.54, 1.807) is 17.1 Å². The zero-order chi connectivity index (χ0) is 21.1. The summed E-state index contributed by atoms with van der Waals surface area (Å²) in [5.74, 6) is -2.65. The molecule has 0 amide bonds. The predicted octanol–water partition coefficient (Wildman–Crippen LogP) is 0.106. The smallest absolute Gasteiger partial charge is 0.342 e. The van der Waals surface area contributed by atoms with Crippen molar-refractivity contribution in [2.24, 2.45) is 0 Å². The molecule has 0 spiro atoms. The van der Waals surface area contributed by atoms with Crippen molar-refractivity contribution in [2.45, 2.75) is 31.8 Å². The molecule has 1 aromatic carbocycles. The van der Waals surface area contributed by atoms with Crippen LogP contribution in [0.5, 0.6) is 5.75 Å². The lowest BCUT2D eigenvalue weighted by Gasteiger charge is -2.17. The highest BCUT2D eigenvalue weighted by atomic mass is 19.1. The number of nitrogens with zero attached hydrogens (tertiary/aromatic N) is 1. The molecular formula is C18H17FN2O8. The molecule has 10 nitrogen and oxygen atoms in total. The summed E-state index contributed by atoms with van der Waals surface area (Å²) in [6.45, 7) is 0.640. The van der Waals surface area contributed by atoms with Crippen LogP contribution in [-0.4, -0.2) is 45.4 Å². The predicted molar refractivity (Wildman–Crippen MR) is 93.8 cm³/mol. The number of carbonyl (C=O) groups excluding carboxylic acids is 2. The Bertz CT molecular complexity index is 1050. The van der Waals surface area contributed by atoms with Gasteiger partial charge in [0, 0.05) is 13.3 Å². The van der Waals surface area contributed by atoms with Crippen LogP contribution < -0.4 is 16.0 Å². The Morgan fingerprint density at radius 1 is 1.34 bits per heavy atom. The number of aliphatic hydroxyl groups is 1. The van der Waals surface area contributed by atoms with Gasteiger partial charge in [-0.3, -0.25) is 19.1 Å². The van der Waals surface area contributed by atoms with Crippen LogP contribution in [-0.2, 0) is 14.3 Å². The van der Waals surface area contributed by atoms with Gasteiger partial charge in [0.2, 0.25) is 5.82 Å². The quantitative estimate of drug-likeness (QED) is 0.525. The van der Waals surface area contributed by atoms with E-state index in [2.05, 4.69) is 0 Å². The monoisotopic (exact) mass is 408 g/mol. The highest BCUT2D eigenvalue weighted by molar-refractivity contribution is 5.93. The first kappa shape index (κ1) is 20.4. The van der Waals surface area contributed by atoms with Gasteiger partial charge in [-0.2, -0.15) is 4.39 Å². The molecule has 0 radical (unpaired) electrons. The van der Waals surface area contributed by atoms with Gasteiger partial charge in [-0.15, -0.1) is 0 Å². The molecule has 1 aromatic heterocycles. The molecule has 1 fully saturated rings. The van der Waals surface area contributed by atoms with Gasteiger partial charge in [0.05, 0.1) is 12.8 Å². The minimum Gasteiger partial charge on any atom is -0.456 e. The van der Waals surface area contributed by atoms with Crippen molar-refractivity contribution in [1.82, 2.24) is 9.55 Å². The first-order valence-corrected chi connectivity index (χ1v) is 8.56. The number of ether oxygens (including phenoxy) is 3. The highest BCUT2D eigenvalue weighted by Gasteiger charge is 2.39. The Kier molecular flexibility index (Phi) is 5.89. The Balaban J connectivity index is 1.81. The largest absolute Gasteiger partial charge is 0.456 e. The summed E-state index contributed by atoms with van der Waals surface area (Å²) in [5, 5.41) is 9.52. The molecule has 2 heterocycles. The molecule has 1 aliphatic rings. The lowest BCUT2D eigenvalue weighted by atomic mass is 10.1. The number of halogens is 1. The maximum atomic E-state index is 13.5. The standard InChI is InChI=1S/C18H17FN2O8/c1-9(23)27-12-5-3-2-4-10(12)17(25)29-13-6-15(28-14(13)8-22)21-7-11(19)16(24)20-18(21)26/h2-5,7,13-15,22H,6,8H2,1H3,(H,20,24,26)/t13-,14+,15+/m0/s1. The van der Waals surface area contributed by atoms with E-state index in [1.807, 2.05) is 0 Å². The first-order chi connectivity index (χ1) is 13.8. The summed E-state index contributed by atoms with van der Waals surface area (Å²) in [7, 11) is 0. The Morgan fingerprint density at radius 2 is 2.07 bits per heavy atom. The average Bonchev–Trinajstić information content (AvgIpc) is 3.07. The van der Waals surface area contributed by atoms with Crippen LogP contribution in [0.25, 0.3) is 0 Å². The molecule has 0 bridgehead atoms. The second-order valence-corrected chi connectivity index (χ2v) is 6.22. The van der Waals surface area contributed by atoms with Crippen molar-refractivity contribution in [1.29, 1.82) is 0 Å². The fourth-order valence-corrected chi connectivity index (χ4v) is 2.91. The number of hydrogen-bond acceptors (Lipinski definition) is 8. The third-order valence-electron chi connectivity index (χ3n) is 4.21. The van der Waals surface area contributed by atoms with E-state index in [9.17, 15) is 28.7 Å². The molecule has 0 aliphatic carbocycles. The van der Waals surface area contributed by atoms with Gasteiger partial charge in [-0.25, -0.2) is 9.59 Å². The van der Waals surface area contributed by atoms with Crippen LogP contribution in [0.1, 0.15) is 29.9 Å². The fourth-order valence-electron chi connectivity index (χ4n) is 2.91. The van der Waals surface area contributed by atoms with Gasteiger partial charge in [0.15, 0.2) is 0 Å². The van der Waals surface area contributed by atoms with Crippen LogP contribution in [0.2, 0.25) is 0 Å². The van der Waals surface area contributed by atoms with Crippen LogP contribution in [0, 0.1) is 5.82 Å². The summed E-state index contributed by atoms with van der Waals surface area (Å²) in [6, 6.07) is 5.92. The van der Waals surface area contributed by atoms with Crippen LogP contribution in [0.3, 0.4) is 0 Å². The Labute approximate surface area is 162 Å². The molecule has 3 atom stereocenters. The molecule has 0 saturated carbocycles. The molecule has 1 aliphatic heterocycles. The molecular weight excluding hydrogens is 391 g/mol. The second kappa shape index (κ2) is 8.37. The first-order valence-electron chi connectivity index (χ1n) is 8.56. The second-order valence-electron chi connectivity index (χ2n) is 6.22. The van der Waals surface area contributed by atoms with E-state index < -0.39 is 54.0 Å². The SMILES string of the molecule is CC(=O)Oc1ccccc1C(=O)O[C@H]1C[C@H](n2cc(F)c(=O)[nH]c2=O)O[C@@H]1CO. The van der Waals surface area contributed by atoms with Crippen molar-refractivity contribution in [3.05, 3.63) is 62.7 Å². The van der Waals surface area contributed by atoms with Gasteiger partial charge in [-0.1, -0.05) is 12.1 Å². The van der Waals surface area contributed by atoms with E-state index in [-0.39, 0.29) is 17.7 Å². The van der Waals surface area contributed by atoms with E-state index >= 15 is 0 Å². The number of rotatable bonds is 5. The number of para-hydroxylation sites is 1. The molecule has 29 heavy (non-hydrogen) atoms. The van der Waals surface area contributed by atoms with Crippen molar-refractivity contribution in [3.63, 3.8) is 0 Å². The number of carbonyl (C=O) groups is 2. The van der Waals surface area contributed by atoms with E-state index in [0.29, 0.717) is 6.20 Å². The summed E-state index contributed by atoms with van der Waals surface area (Å²) < 4.78 is 30.2. The summed E-state index contributed by atoms with van der Waals surface area (Å²) in [5.41, 5.74) is -2.10. The zero-order valence-electron chi connectivity index (χ0n) is 15.2. The third kappa shape index (κ3) is 4.41. The number of aliphatic hydroxyl groups excluding tert-OH is 1. The molecule has 2 N–H and O–H groups in total. The number of aromatic amines is 1. The summed E-state index contributed by atoms with van der Waals surface area (Å²) >= 11 is 0. The Morgan fingerprint density at radius 3 is 2.76 bits per heavy atom. The van der Waals surface area contributed by atoms with Crippen LogP contribution in [0.15, 0.2) is 40.1 Å². The van der Waals surface area contributed by atoms with Gasteiger partial charge in [0.25, 0.3) is 5.56 Å². The molecule has 1 saturated heterocycles. The van der Waals surface area contributed by atoms with Crippen LogP contribution >= 0.6 is 0 Å². The summed E-state index contributed by atoms with van der Waals surface area (Å²) in [6.07, 6.45) is -2.46. The average molecular weight is 408 g/mol. The maximum Gasteiger partial charge on any atom is 0.342 e. The zero-order valence-corrected chi connectivity index (χ0v) is 15.2. The minimum atomic E-state index is -1.19. The molecule has 0 unspecified atom stereocenters. The normalized spacial score (nSPS) is 21.0. The van der Waals surface area contributed by atoms with E-state index in [0.717, 1.165) is 4.57 Å². The van der Waals surface area contributed by atoms with Crippen molar-refractivity contribution in [2.75, 3.05) is 6.61 Å². The number of aromatic nitrogens is 2. The van der Waals surface area contributed by atoms with Crippen molar-refractivity contribution in [3.8, 4) is 5.75 Å². The molecule has 2 aromatic rings. The topological polar surface area (TPSA) is 137 Å². The number of benzene rings is 1. The Hall–Kier alpha value is -3.31. The molecule has 3 rings (SSSR count). The van der Waals surface area contributed by atoms with Gasteiger partial charge >= 0.3 is 17.6 Å². The number of nitrogens with one attached hydrogen (secondary N) is 1. The van der Waals surface area contributed by atoms with Gasteiger partial charge in [0.1, 0.15) is 29.7 Å². The number of H-pyrrole nitrogens is 1. The molecule has 11 heteroatoms. The van der Waals surface area contributed by atoms with E-state index in [4.69, 9.17) is 14.2 Å². The van der Waals surface area contributed by atoms with Gasteiger partial charge < -0.3 is 19.3 Å². The minimum absolute atomic E-state index is 0.0000566. The third-order valence-corrected chi connectivity index (χ3v) is 4.21. The highest BCUT2D eigenvalue weighted by Crippen LogP contribution is 2.31. The van der Waals surface area contributed by atoms with Crippen molar-refractivity contribution < 1.29 is 33.3 Å². The lowest BCUT2D eigenvalue weighted by molar-refractivity contribution is -0.131. The van der Waals surface area contributed by atoms with Crippen LogP contribution in [0.4, 0.5) is 4.39 Å². The number of hydrogen-bond donors (Lipinski definition) is 2. The molecule has 154 valence electrons. The fraction of sp³-hybridized carbons (Fsp3) is 0.333.